The van der Waals surface area contributed by atoms with Crippen LogP contribution < -0.4 is 0 Å². The first-order chi connectivity index (χ1) is 10.0. The molecule has 0 saturated carbocycles. The van der Waals surface area contributed by atoms with Crippen LogP contribution in [-0.2, 0) is 9.59 Å². The van der Waals surface area contributed by atoms with E-state index < -0.39 is 5.97 Å². The number of carboxylic acids is 1. The highest BCUT2D eigenvalue weighted by Crippen LogP contribution is 2.08. The maximum Gasteiger partial charge on any atom is 0.310 e. The van der Waals surface area contributed by atoms with E-state index >= 15 is 0 Å². The number of carbonyl (C=O) groups excluding carboxylic acids is 2. The molecule has 0 radical (unpaired) electrons. The average molecular weight is 284 g/mol. The van der Waals surface area contributed by atoms with E-state index in [4.69, 9.17) is 5.11 Å². The molecule has 0 amide bonds. The standard InChI is InChI=1S/C13H10O.C4H6O3/c14-13(11-7-3-1-4-8-11)12-9-5-2-6-10-12;1-3(5)2-4(6)7/h1-10H;2H2,1H3,(H,6,7). The molecule has 0 aliphatic rings. The van der Waals surface area contributed by atoms with Gasteiger partial charge in [-0.05, 0) is 6.92 Å². The van der Waals surface area contributed by atoms with Gasteiger partial charge in [0.05, 0.1) is 0 Å². The van der Waals surface area contributed by atoms with Crippen LogP contribution in [0.25, 0.3) is 0 Å². The third kappa shape index (κ3) is 6.29. The van der Waals surface area contributed by atoms with Gasteiger partial charge < -0.3 is 5.11 Å². The summed E-state index contributed by atoms with van der Waals surface area (Å²) in [5.74, 6) is -1.30. The molecule has 2 rings (SSSR count). The maximum atomic E-state index is 11.8. The topological polar surface area (TPSA) is 71.4 Å². The average Bonchev–Trinajstić information content (AvgIpc) is 2.47. The molecule has 0 aliphatic carbocycles. The molecule has 4 heteroatoms. The number of benzene rings is 2. The molecular weight excluding hydrogens is 268 g/mol. The Balaban J connectivity index is 0.000000270. The van der Waals surface area contributed by atoms with Gasteiger partial charge in [-0.15, -0.1) is 0 Å². The lowest BCUT2D eigenvalue weighted by atomic mass is 10.0. The Labute approximate surface area is 123 Å². The van der Waals surface area contributed by atoms with E-state index in [1.54, 1.807) is 0 Å². The number of Topliss-reactive ketones (excluding diaryl/α,β-unsaturated/α-hetero) is 1. The normalized spacial score (nSPS) is 9.19. The second-order valence-corrected chi connectivity index (χ2v) is 4.33. The molecule has 4 nitrogen and oxygen atoms in total. The third-order valence-electron chi connectivity index (χ3n) is 2.47. The molecule has 2 aromatic rings. The Morgan fingerprint density at radius 1 is 0.810 bits per heavy atom. The second kappa shape index (κ2) is 8.43. The summed E-state index contributed by atoms with van der Waals surface area (Å²) in [4.78, 5) is 31.3. The van der Waals surface area contributed by atoms with Crippen LogP contribution in [0.1, 0.15) is 29.3 Å². The largest absolute Gasteiger partial charge is 0.481 e. The highest BCUT2D eigenvalue weighted by atomic mass is 16.4. The second-order valence-electron chi connectivity index (χ2n) is 4.33. The molecule has 1 N–H and O–H groups in total. The number of carboxylic acid groups (broad SMARTS) is 1. The Morgan fingerprint density at radius 3 is 1.43 bits per heavy atom. The van der Waals surface area contributed by atoms with Gasteiger partial charge in [-0.2, -0.15) is 0 Å². The van der Waals surface area contributed by atoms with Crippen LogP contribution in [0.15, 0.2) is 60.7 Å². The third-order valence-corrected chi connectivity index (χ3v) is 2.47. The van der Waals surface area contributed by atoms with Gasteiger partial charge in [0.1, 0.15) is 12.2 Å². The number of hydrogen-bond donors (Lipinski definition) is 1. The van der Waals surface area contributed by atoms with Crippen LogP contribution in [0.2, 0.25) is 0 Å². The summed E-state index contributed by atoms with van der Waals surface area (Å²) in [6.07, 6.45) is -0.361. The molecule has 0 aliphatic heterocycles. The molecule has 0 atom stereocenters. The summed E-state index contributed by atoms with van der Waals surface area (Å²) in [5.41, 5.74) is 1.47. The number of aliphatic carboxylic acids is 1. The monoisotopic (exact) mass is 284 g/mol. The van der Waals surface area contributed by atoms with E-state index in [-0.39, 0.29) is 18.0 Å². The summed E-state index contributed by atoms with van der Waals surface area (Å²) in [6.45, 7) is 1.24. The van der Waals surface area contributed by atoms with Crippen molar-refractivity contribution in [3.8, 4) is 0 Å². The molecule has 0 aromatic heterocycles. The zero-order chi connectivity index (χ0) is 15.7. The Bertz CT molecular complexity index is 550. The fraction of sp³-hybridized carbons (Fsp3) is 0.118. The molecule has 0 saturated heterocycles. The summed E-state index contributed by atoms with van der Waals surface area (Å²) in [5, 5.41) is 7.86. The first kappa shape index (κ1) is 16.3. The molecule has 0 spiro atoms. The van der Waals surface area contributed by atoms with Crippen molar-refractivity contribution >= 4 is 17.5 Å². The van der Waals surface area contributed by atoms with Gasteiger partial charge in [-0.25, -0.2) is 0 Å². The summed E-state index contributed by atoms with van der Waals surface area (Å²) >= 11 is 0. The van der Waals surface area contributed by atoms with Crippen LogP contribution in [0.5, 0.6) is 0 Å². The summed E-state index contributed by atoms with van der Waals surface area (Å²) in [7, 11) is 0. The number of ketones is 2. The molecule has 2 aromatic carbocycles. The SMILES string of the molecule is CC(=O)CC(=O)O.O=C(c1ccccc1)c1ccccc1. The van der Waals surface area contributed by atoms with Gasteiger partial charge in [0.25, 0.3) is 0 Å². The van der Waals surface area contributed by atoms with Crippen molar-refractivity contribution in [3.05, 3.63) is 71.8 Å². The van der Waals surface area contributed by atoms with E-state index in [9.17, 15) is 14.4 Å². The van der Waals surface area contributed by atoms with Crippen molar-refractivity contribution in [3.63, 3.8) is 0 Å². The van der Waals surface area contributed by atoms with Gasteiger partial charge >= 0.3 is 5.97 Å². The predicted molar refractivity (Wildman–Crippen MR) is 79.3 cm³/mol. The van der Waals surface area contributed by atoms with Crippen molar-refractivity contribution < 1.29 is 19.5 Å². The fourth-order valence-corrected chi connectivity index (χ4v) is 1.56. The van der Waals surface area contributed by atoms with Crippen LogP contribution in [0.3, 0.4) is 0 Å². The van der Waals surface area contributed by atoms with E-state index in [0.29, 0.717) is 0 Å². The Hall–Kier alpha value is -2.75. The molecule has 0 bridgehead atoms. The van der Waals surface area contributed by atoms with Crippen molar-refractivity contribution in [2.24, 2.45) is 0 Å². The fourth-order valence-electron chi connectivity index (χ4n) is 1.56. The molecule has 0 heterocycles. The highest BCUT2D eigenvalue weighted by molar-refractivity contribution is 6.08. The van der Waals surface area contributed by atoms with Crippen molar-refractivity contribution in [2.75, 3.05) is 0 Å². The lowest BCUT2D eigenvalue weighted by Gasteiger charge is -1.99. The van der Waals surface area contributed by atoms with Crippen LogP contribution in [-0.4, -0.2) is 22.6 Å². The lowest BCUT2D eigenvalue weighted by Crippen LogP contribution is -2.00. The first-order valence-corrected chi connectivity index (χ1v) is 6.36. The van der Waals surface area contributed by atoms with Crippen LogP contribution >= 0.6 is 0 Å². The minimum absolute atomic E-state index is 0.0752. The van der Waals surface area contributed by atoms with Gasteiger partial charge in [-0.3, -0.25) is 14.4 Å². The van der Waals surface area contributed by atoms with E-state index in [2.05, 4.69) is 0 Å². The zero-order valence-electron chi connectivity index (χ0n) is 11.7. The van der Waals surface area contributed by atoms with E-state index in [1.165, 1.54) is 6.92 Å². The van der Waals surface area contributed by atoms with Crippen LogP contribution in [0.4, 0.5) is 0 Å². The van der Waals surface area contributed by atoms with Gasteiger partial charge in [-0.1, -0.05) is 60.7 Å². The zero-order valence-corrected chi connectivity index (χ0v) is 11.7. The maximum absolute atomic E-state index is 11.8. The minimum Gasteiger partial charge on any atom is -0.481 e. The molecule has 0 fully saturated rings. The predicted octanol–water partition coefficient (Wildman–Crippen LogP) is 2.97. The van der Waals surface area contributed by atoms with E-state index in [1.807, 2.05) is 60.7 Å². The van der Waals surface area contributed by atoms with Crippen LogP contribution in [0, 0.1) is 0 Å². The number of hydrogen-bond acceptors (Lipinski definition) is 3. The summed E-state index contributed by atoms with van der Waals surface area (Å²) in [6, 6.07) is 18.6. The van der Waals surface area contributed by atoms with Gasteiger partial charge in [0.2, 0.25) is 0 Å². The highest BCUT2D eigenvalue weighted by Gasteiger charge is 2.06. The van der Waals surface area contributed by atoms with Crippen molar-refractivity contribution in [2.45, 2.75) is 13.3 Å². The van der Waals surface area contributed by atoms with Crippen molar-refractivity contribution in [1.82, 2.24) is 0 Å². The minimum atomic E-state index is -1.06. The van der Waals surface area contributed by atoms with Gasteiger partial charge in [0, 0.05) is 11.1 Å². The van der Waals surface area contributed by atoms with Gasteiger partial charge in [0.15, 0.2) is 5.78 Å². The molecular formula is C17H16O4. The smallest absolute Gasteiger partial charge is 0.310 e. The van der Waals surface area contributed by atoms with Crippen molar-refractivity contribution in [1.29, 1.82) is 0 Å². The molecule has 0 unspecified atom stereocenters. The Kier molecular flexibility index (Phi) is 6.54. The van der Waals surface area contributed by atoms with E-state index in [0.717, 1.165) is 11.1 Å². The number of carbonyl (C=O) groups is 3. The molecule has 21 heavy (non-hydrogen) atoms. The quantitative estimate of drug-likeness (QED) is 0.692. The first-order valence-electron chi connectivity index (χ1n) is 6.36. The Morgan fingerprint density at radius 2 is 1.19 bits per heavy atom. The molecule has 108 valence electrons. The summed E-state index contributed by atoms with van der Waals surface area (Å²) < 4.78 is 0. The number of rotatable bonds is 4. The lowest BCUT2D eigenvalue weighted by molar-refractivity contribution is -0.139.